The molecule has 138 valence electrons. The molecule has 24 heavy (non-hydrogen) atoms. The van der Waals surface area contributed by atoms with E-state index in [0.717, 1.165) is 39.0 Å². The Bertz CT molecular complexity index is 499. The number of piperazine rings is 1. The predicted octanol–water partition coefficient (Wildman–Crippen LogP) is 4.09. The number of ether oxygens (including phenoxy) is 1. The van der Waals surface area contributed by atoms with Crippen molar-refractivity contribution in [1.29, 1.82) is 0 Å². The minimum Gasteiger partial charge on any atom is -0.428 e. The Morgan fingerprint density at radius 3 is 2.42 bits per heavy atom. The summed E-state index contributed by atoms with van der Waals surface area (Å²) >= 11 is 0. The van der Waals surface area contributed by atoms with Crippen molar-refractivity contribution in [3.8, 4) is 5.75 Å². The van der Waals surface area contributed by atoms with Crippen LogP contribution in [-0.2, 0) is 0 Å². The molecule has 0 saturated carbocycles. The summed E-state index contributed by atoms with van der Waals surface area (Å²) in [6, 6.07) is 6.12. The van der Waals surface area contributed by atoms with Gasteiger partial charge in [0.05, 0.1) is 0 Å². The lowest BCUT2D eigenvalue weighted by molar-refractivity contribution is -0.253. The summed E-state index contributed by atoms with van der Waals surface area (Å²) in [6.45, 7) is 5.20. The average molecular weight is 371 g/mol. The highest BCUT2D eigenvalue weighted by atomic mass is 35.5. The summed E-state index contributed by atoms with van der Waals surface area (Å²) in [5, 5.41) is 3.24. The minimum absolute atomic E-state index is 0. The zero-order chi connectivity index (χ0) is 16.9. The Kier molecular flexibility index (Phi) is 8.26. The topological polar surface area (TPSA) is 24.5 Å². The van der Waals surface area contributed by atoms with Crippen LogP contribution in [-0.4, -0.2) is 43.6 Å². The van der Waals surface area contributed by atoms with Gasteiger partial charge >= 0.3 is 12.5 Å². The van der Waals surface area contributed by atoms with E-state index in [0.29, 0.717) is 5.56 Å². The Morgan fingerprint density at radius 1 is 1.21 bits per heavy atom. The fraction of sp³-hybridized carbons (Fsp3) is 0.625. The number of halogens is 5. The van der Waals surface area contributed by atoms with E-state index < -0.39 is 12.5 Å². The van der Waals surface area contributed by atoms with Gasteiger partial charge in [0, 0.05) is 37.8 Å². The normalized spacial score (nSPS) is 17.4. The second-order valence-corrected chi connectivity index (χ2v) is 5.59. The first-order valence-electron chi connectivity index (χ1n) is 7.84. The summed E-state index contributed by atoms with van der Waals surface area (Å²) in [5.74, 6) is -0.171. The fourth-order valence-electron chi connectivity index (χ4n) is 2.84. The molecule has 0 aromatic heterocycles. The molecular weight excluding hydrogens is 348 g/mol. The predicted molar refractivity (Wildman–Crippen MR) is 87.4 cm³/mol. The number of hydrogen-bond acceptors (Lipinski definition) is 3. The number of hydrogen-bond donors (Lipinski definition) is 1. The SMILES string of the molecule is CCC[C@H](c1ccccc1OC(F)(F)C(F)F)N1CCNCC1.Cl. The third-order valence-electron chi connectivity index (χ3n) is 3.93. The molecule has 0 radical (unpaired) electrons. The van der Waals surface area contributed by atoms with E-state index in [1.165, 1.54) is 12.1 Å². The van der Waals surface area contributed by atoms with Gasteiger partial charge in [-0.3, -0.25) is 4.90 Å². The first kappa shape index (κ1) is 21.0. The molecule has 1 aromatic carbocycles. The van der Waals surface area contributed by atoms with Crippen LogP contribution in [0, 0.1) is 0 Å². The van der Waals surface area contributed by atoms with Crippen LogP contribution in [0.4, 0.5) is 17.6 Å². The second kappa shape index (κ2) is 9.44. The highest BCUT2D eigenvalue weighted by Gasteiger charge is 2.44. The Morgan fingerprint density at radius 2 is 1.83 bits per heavy atom. The number of rotatable bonds is 7. The minimum atomic E-state index is -4.49. The van der Waals surface area contributed by atoms with Crippen molar-refractivity contribution in [3.63, 3.8) is 0 Å². The molecule has 1 atom stereocenters. The van der Waals surface area contributed by atoms with Crippen LogP contribution in [0.25, 0.3) is 0 Å². The van der Waals surface area contributed by atoms with E-state index in [-0.39, 0.29) is 24.2 Å². The van der Waals surface area contributed by atoms with E-state index in [9.17, 15) is 17.6 Å². The lowest BCUT2D eigenvalue weighted by atomic mass is 9.99. The number of alkyl halides is 4. The highest BCUT2D eigenvalue weighted by molar-refractivity contribution is 5.85. The van der Waals surface area contributed by atoms with Crippen LogP contribution in [0.2, 0.25) is 0 Å². The van der Waals surface area contributed by atoms with Crippen LogP contribution in [0.15, 0.2) is 24.3 Å². The molecule has 1 aromatic rings. The van der Waals surface area contributed by atoms with E-state index in [2.05, 4.69) is 15.0 Å². The van der Waals surface area contributed by atoms with Gasteiger partial charge in [0.2, 0.25) is 0 Å². The van der Waals surface area contributed by atoms with Gasteiger partial charge in [-0.1, -0.05) is 31.5 Å². The van der Waals surface area contributed by atoms with E-state index in [1.807, 2.05) is 6.92 Å². The van der Waals surface area contributed by atoms with Crippen LogP contribution >= 0.6 is 12.4 Å². The third kappa shape index (κ3) is 5.22. The van der Waals surface area contributed by atoms with Gasteiger partial charge in [-0.25, -0.2) is 0 Å². The quantitative estimate of drug-likeness (QED) is 0.732. The maximum atomic E-state index is 13.3. The van der Waals surface area contributed by atoms with Crippen LogP contribution in [0.3, 0.4) is 0 Å². The Hall–Kier alpha value is -1.05. The van der Waals surface area contributed by atoms with Crippen LogP contribution < -0.4 is 10.1 Å². The van der Waals surface area contributed by atoms with Crippen molar-refractivity contribution in [2.45, 2.75) is 38.3 Å². The molecule has 0 bridgehead atoms. The smallest absolute Gasteiger partial charge is 0.428 e. The van der Waals surface area contributed by atoms with Gasteiger partial charge in [0.15, 0.2) is 0 Å². The molecule has 8 heteroatoms. The first-order chi connectivity index (χ1) is 11.0. The van der Waals surface area contributed by atoms with Crippen molar-refractivity contribution in [1.82, 2.24) is 10.2 Å². The van der Waals surface area contributed by atoms with E-state index in [4.69, 9.17) is 0 Å². The lowest BCUT2D eigenvalue weighted by Gasteiger charge is -2.36. The molecular formula is C16H23ClF4N2O. The lowest BCUT2D eigenvalue weighted by Crippen LogP contribution is -2.45. The summed E-state index contributed by atoms with van der Waals surface area (Å²) in [6.07, 6.45) is -6.75. The van der Waals surface area contributed by atoms with Gasteiger partial charge in [0.1, 0.15) is 5.75 Å². The standard InChI is InChI=1S/C16H22F4N2O.ClH/c1-2-5-13(22-10-8-21-9-11-22)12-6-3-4-7-14(12)23-16(19,20)15(17)18;/h3-4,6-7,13,15,21H,2,5,8-11H2,1H3;1H/t13-;/m1./s1. The molecule has 2 rings (SSSR count). The molecule has 1 N–H and O–H groups in total. The number of nitrogens with one attached hydrogen (secondary N) is 1. The molecule has 1 aliphatic heterocycles. The number of para-hydroxylation sites is 1. The summed E-state index contributed by atoms with van der Waals surface area (Å²) < 4.78 is 55.9. The number of nitrogens with zero attached hydrogens (tertiary/aromatic N) is 1. The maximum Gasteiger partial charge on any atom is 0.461 e. The first-order valence-corrected chi connectivity index (χ1v) is 7.84. The maximum absolute atomic E-state index is 13.3. The monoisotopic (exact) mass is 370 g/mol. The number of benzene rings is 1. The van der Waals surface area contributed by atoms with Crippen molar-refractivity contribution >= 4 is 12.4 Å². The molecule has 0 amide bonds. The third-order valence-corrected chi connectivity index (χ3v) is 3.93. The van der Waals surface area contributed by atoms with Gasteiger partial charge in [-0.05, 0) is 12.5 Å². The molecule has 0 aliphatic carbocycles. The summed E-state index contributed by atoms with van der Waals surface area (Å²) in [4.78, 5) is 2.18. The zero-order valence-electron chi connectivity index (χ0n) is 13.5. The Balaban J connectivity index is 0.00000288. The van der Waals surface area contributed by atoms with Crippen molar-refractivity contribution < 1.29 is 22.3 Å². The van der Waals surface area contributed by atoms with Crippen LogP contribution in [0.1, 0.15) is 31.4 Å². The van der Waals surface area contributed by atoms with Gasteiger partial charge in [0.25, 0.3) is 0 Å². The van der Waals surface area contributed by atoms with Gasteiger partial charge in [-0.2, -0.15) is 17.6 Å². The Labute approximate surface area is 145 Å². The van der Waals surface area contributed by atoms with E-state index in [1.54, 1.807) is 12.1 Å². The second-order valence-electron chi connectivity index (χ2n) is 5.59. The van der Waals surface area contributed by atoms with Crippen molar-refractivity contribution in [2.24, 2.45) is 0 Å². The average Bonchev–Trinajstić information content (AvgIpc) is 2.54. The summed E-state index contributed by atoms with van der Waals surface area (Å²) in [7, 11) is 0. The van der Waals surface area contributed by atoms with Crippen molar-refractivity contribution in [2.75, 3.05) is 26.2 Å². The fourth-order valence-corrected chi connectivity index (χ4v) is 2.84. The molecule has 1 fully saturated rings. The zero-order valence-corrected chi connectivity index (χ0v) is 14.3. The molecule has 1 aliphatic rings. The van der Waals surface area contributed by atoms with Gasteiger partial charge < -0.3 is 10.1 Å². The largest absolute Gasteiger partial charge is 0.461 e. The molecule has 3 nitrogen and oxygen atoms in total. The molecule has 1 saturated heterocycles. The highest BCUT2D eigenvalue weighted by Crippen LogP contribution is 2.36. The van der Waals surface area contributed by atoms with E-state index >= 15 is 0 Å². The summed E-state index contributed by atoms with van der Waals surface area (Å²) in [5.41, 5.74) is 0.538. The van der Waals surface area contributed by atoms with Crippen molar-refractivity contribution in [3.05, 3.63) is 29.8 Å². The van der Waals surface area contributed by atoms with Crippen LogP contribution in [0.5, 0.6) is 5.75 Å². The molecule has 0 unspecified atom stereocenters. The van der Waals surface area contributed by atoms with Gasteiger partial charge in [-0.15, -0.1) is 12.4 Å². The molecule has 0 spiro atoms. The molecule has 1 heterocycles.